The third kappa shape index (κ3) is 1.88. The SMILES string of the molecule is O=C(O)[C@@H](O)c1ccc2oc(Br)cc2c1. The Hall–Kier alpha value is -1.33. The molecule has 0 fully saturated rings. The standard InChI is InChI=1S/C10H7BrO4/c11-8-4-6-3-5(9(12)10(13)14)1-2-7(6)15-8/h1-4,9,12H,(H,13,14)/t9-/m0/s1. The first-order chi connectivity index (χ1) is 7.08. The number of carbonyl (C=O) groups is 1. The summed E-state index contributed by atoms with van der Waals surface area (Å²) in [6.45, 7) is 0. The van der Waals surface area contributed by atoms with Crippen molar-refractivity contribution in [2.24, 2.45) is 0 Å². The van der Waals surface area contributed by atoms with Gasteiger partial charge in [0, 0.05) is 5.39 Å². The van der Waals surface area contributed by atoms with Gasteiger partial charge in [-0.1, -0.05) is 6.07 Å². The van der Waals surface area contributed by atoms with Gasteiger partial charge in [0.1, 0.15) is 5.58 Å². The van der Waals surface area contributed by atoms with Crippen molar-refractivity contribution in [3.05, 3.63) is 34.5 Å². The molecule has 1 aromatic carbocycles. The van der Waals surface area contributed by atoms with Crippen molar-refractivity contribution < 1.29 is 19.4 Å². The van der Waals surface area contributed by atoms with Gasteiger partial charge in [0.05, 0.1) is 0 Å². The second-order valence-electron chi connectivity index (χ2n) is 3.09. The quantitative estimate of drug-likeness (QED) is 0.879. The maximum absolute atomic E-state index is 10.6. The third-order valence-electron chi connectivity index (χ3n) is 2.06. The number of halogens is 1. The predicted octanol–water partition coefficient (Wildman–Crippen LogP) is 2.31. The summed E-state index contributed by atoms with van der Waals surface area (Å²) in [5.74, 6) is -1.27. The fourth-order valence-corrected chi connectivity index (χ4v) is 1.76. The zero-order valence-corrected chi connectivity index (χ0v) is 9.06. The Morgan fingerprint density at radius 2 is 2.13 bits per heavy atom. The van der Waals surface area contributed by atoms with Crippen LogP contribution in [0.25, 0.3) is 11.0 Å². The highest BCUT2D eigenvalue weighted by atomic mass is 79.9. The number of fused-ring (bicyclic) bond motifs is 1. The van der Waals surface area contributed by atoms with Crippen molar-refractivity contribution in [3.8, 4) is 0 Å². The summed E-state index contributed by atoms with van der Waals surface area (Å²) in [4.78, 5) is 10.6. The molecule has 78 valence electrons. The lowest BCUT2D eigenvalue weighted by atomic mass is 10.1. The smallest absolute Gasteiger partial charge is 0.337 e. The summed E-state index contributed by atoms with van der Waals surface area (Å²) < 4.78 is 5.82. The van der Waals surface area contributed by atoms with E-state index in [1.807, 2.05) is 0 Å². The van der Waals surface area contributed by atoms with Crippen LogP contribution in [0.3, 0.4) is 0 Å². The minimum Gasteiger partial charge on any atom is -0.479 e. The summed E-state index contributed by atoms with van der Waals surface area (Å²) in [7, 11) is 0. The molecule has 4 nitrogen and oxygen atoms in total. The first-order valence-corrected chi connectivity index (χ1v) is 4.97. The summed E-state index contributed by atoms with van der Waals surface area (Å²) in [6, 6.07) is 6.45. The molecule has 1 heterocycles. The van der Waals surface area contributed by atoms with Crippen molar-refractivity contribution in [1.82, 2.24) is 0 Å². The number of rotatable bonds is 2. The molecular weight excluding hydrogens is 264 g/mol. The van der Waals surface area contributed by atoms with Crippen LogP contribution in [0.1, 0.15) is 11.7 Å². The van der Waals surface area contributed by atoms with E-state index in [4.69, 9.17) is 9.52 Å². The number of furan rings is 1. The normalized spacial score (nSPS) is 12.9. The van der Waals surface area contributed by atoms with Gasteiger partial charge < -0.3 is 14.6 Å². The van der Waals surface area contributed by atoms with Gasteiger partial charge in [-0.15, -0.1) is 0 Å². The topological polar surface area (TPSA) is 70.7 Å². The van der Waals surface area contributed by atoms with Gasteiger partial charge >= 0.3 is 5.97 Å². The molecule has 2 aromatic rings. The lowest BCUT2D eigenvalue weighted by molar-refractivity contribution is -0.146. The summed E-state index contributed by atoms with van der Waals surface area (Å²) in [6.07, 6.45) is -1.50. The lowest BCUT2D eigenvalue weighted by Crippen LogP contribution is -2.09. The maximum atomic E-state index is 10.6. The molecule has 1 aromatic heterocycles. The first kappa shape index (κ1) is 10.2. The Kier molecular flexibility index (Phi) is 2.50. The van der Waals surface area contributed by atoms with E-state index in [0.717, 1.165) is 5.39 Å². The monoisotopic (exact) mass is 270 g/mol. The molecule has 0 amide bonds. The van der Waals surface area contributed by atoms with Crippen LogP contribution in [0.4, 0.5) is 0 Å². The van der Waals surface area contributed by atoms with Crippen molar-refractivity contribution in [1.29, 1.82) is 0 Å². The number of hydrogen-bond acceptors (Lipinski definition) is 3. The van der Waals surface area contributed by atoms with Crippen LogP contribution in [-0.2, 0) is 4.79 Å². The van der Waals surface area contributed by atoms with Crippen molar-refractivity contribution in [2.45, 2.75) is 6.10 Å². The summed E-state index contributed by atoms with van der Waals surface area (Å²) >= 11 is 3.17. The van der Waals surface area contributed by atoms with Crippen LogP contribution in [-0.4, -0.2) is 16.2 Å². The first-order valence-electron chi connectivity index (χ1n) is 4.18. The third-order valence-corrected chi connectivity index (χ3v) is 2.45. The zero-order chi connectivity index (χ0) is 11.0. The van der Waals surface area contributed by atoms with Gasteiger partial charge in [0.15, 0.2) is 10.8 Å². The Balaban J connectivity index is 2.50. The number of aliphatic hydroxyl groups is 1. The molecule has 0 unspecified atom stereocenters. The Bertz CT molecular complexity index is 517. The molecule has 0 aliphatic rings. The molecule has 15 heavy (non-hydrogen) atoms. The van der Waals surface area contributed by atoms with Crippen LogP contribution >= 0.6 is 15.9 Å². The molecule has 0 aliphatic carbocycles. The van der Waals surface area contributed by atoms with Gasteiger partial charge in [-0.2, -0.15) is 0 Å². The highest BCUT2D eigenvalue weighted by molar-refractivity contribution is 9.10. The predicted molar refractivity (Wildman–Crippen MR) is 56.5 cm³/mol. The van der Waals surface area contributed by atoms with Crippen LogP contribution in [0.5, 0.6) is 0 Å². The molecule has 0 saturated carbocycles. The molecule has 5 heteroatoms. The number of aliphatic hydroxyl groups excluding tert-OH is 1. The maximum Gasteiger partial charge on any atom is 0.337 e. The number of aliphatic carboxylic acids is 1. The lowest BCUT2D eigenvalue weighted by Gasteiger charge is -2.04. The van der Waals surface area contributed by atoms with Crippen LogP contribution in [0, 0.1) is 0 Å². The van der Waals surface area contributed by atoms with Crippen molar-refractivity contribution in [3.63, 3.8) is 0 Å². The van der Waals surface area contributed by atoms with Gasteiger partial charge in [0.2, 0.25) is 0 Å². The number of carboxylic acids is 1. The fraction of sp³-hybridized carbons (Fsp3) is 0.100. The van der Waals surface area contributed by atoms with Crippen LogP contribution in [0.15, 0.2) is 33.4 Å². The second kappa shape index (κ2) is 3.67. The van der Waals surface area contributed by atoms with Crippen LogP contribution in [0.2, 0.25) is 0 Å². The van der Waals surface area contributed by atoms with Gasteiger partial charge in [0.25, 0.3) is 0 Å². The van der Waals surface area contributed by atoms with Gasteiger partial charge in [-0.25, -0.2) is 4.79 Å². The Labute approximate surface area is 93.3 Å². The molecule has 0 radical (unpaired) electrons. The van der Waals surface area contributed by atoms with E-state index in [2.05, 4.69) is 15.9 Å². The minimum absolute atomic E-state index is 0.336. The number of carboxylic acid groups (broad SMARTS) is 1. The molecule has 0 spiro atoms. The van der Waals surface area contributed by atoms with Crippen molar-refractivity contribution in [2.75, 3.05) is 0 Å². The molecule has 0 bridgehead atoms. The zero-order valence-electron chi connectivity index (χ0n) is 7.48. The van der Waals surface area contributed by atoms with Crippen LogP contribution < -0.4 is 0 Å². The summed E-state index contributed by atoms with van der Waals surface area (Å²) in [5.41, 5.74) is 0.978. The largest absolute Gasteiger partial charge is 0.479 e. The van der Waals surface area contributed by atoms with Gasteiger partial charge in [-0.05, 0) is 39.7 Å². The minimum atomic E-state index is -1.50. The molecular formula is C10H7BrO4. The van der Waals surface area contributed by atoms with E-state index in [9.17, 15) is 9.90 Å². The molecule has 1 atom stereocenters. The highest BCUT2D eigenvalue weighted by Crippen LogP contribution is 2.26. The molecule has 0 aliphatic heterocycles. The highest BCUT2D eigenvalue weighted by Gasteiger charge is 2.16. The van der Waals surface area contributed by atoms with Crippen molar-refractivity contribution >= 4 is 32.9 Å². The van der Waals surface area contributed by atoms with E-state index in [-0.39, 0.29) is 0 Å². The summed E-state index contributed by atoms with van der Waals surface area (Å²) in [5, 5.41) is 18.7. The van der Waals surface area contributed by atoms with E-state index in [0.29, 0.717) is 15.8 Å². The molecule has 0 saturated heterocycles. The van der Waals surface area contributed by atoms with E-state index >= 15 is 0 Å². The fourth-order valence-electron chi connectivity index (χ4n) is 1.34. The Morgan fingerprint density at radius 3 is 2.80 bits per heavy atom. The number of hydrogen-bond donors (Lipinski definition) is 2. The van der Waals surface area contributed by atoms with E-state index < -0.39 is 12.1 Å². The number of benzene rings is 1. The average molecular weight is 271 g/mol. The Morgan fingerprint density at radius 1 is 1.40 bits per heavy atom. The van der Waals surface area contributed by atoms with Gasteiger partial charge in [-0.3, -0.25) is 0 Å². The average Bonchev–Trinajstić information content (AvgIpc) is 2.55. The second-order valence-corrected chi connectivity index (χ2v) is 3.87. The van der Waals surface area contributed by atoms with E-state index in [1.54, 1.807) is 18.2 Å². The molecule has 2 N–H and O–H groups in total. The van der Waals surface area contributed by atoms with E-state index in [1.165, 1.54) is 6.07 Å². The molecule has 2 rings (SSSR count).